The molecule has 4 rings (SSSR count). The number of hydrogen-bond acceptors (Lipinski definition) is 7. The van der Waals surface area contributed by atoms with Crippen LogP contribution < -0.4 is 14.8 Å². The molecule has 1 fully saturated rings. The van der Waals surface area contributed by atoms with Crippen molar-refractivity contribution in [2.45, 2.75) is 35.4 Å². The van der Waals surface area contributed by atoms with Crippen LogP contribution in [0.5, 0.6) is 11.5 Å². The van der Waals surface area contributed by atoms with Gasteiger partial charge in [-0.25, -0.2) is 8.42 Å². The van der Waals surface area contributed by atoms with Crippen molar-refractivity contribution in [1.29, 1.82) is 0 Å². The van der Waals surface area contributed by atoms with E-state index in [1.54, 1.807) is 24.3 Å². The molecular formula is C30H35ClN2O6S. The Hall–Kier alpha value is -3.11. The van der Waals surface area contributed by atoms with Crippen LogP contribution in [-0.2, 0) is 21.1 Å². The molecule has 0 radical (unpaired) electrons. The lowest BCUT2D eigenvalue weighted by Crippen LogP contribution is -2.46. The zero-order chi connectivity index (χ0) is 28.8. The van der Waals surface area contributed by atoms with Crippen molar-refractivity contribution in [3.8, 4) is 11.5 Å². The fourth-order valence-electron chi connectivity index (χ4n) is 4.91. The molecule has 0 aromatic heterocycles. The number of benzene rings is 3. The first-order valence-corrected chi connectivity index (χ1v) is 15.0. The molecule has 0 amide bonds. The second-order valence-electron chi connectivity index (χ2n) is 10.0. The minimum absolute atomic E-state index is 0.0692. The highest BCUT2D eigenvalue weighted by atomic mass is 35.5. The van der Waals surface area contributed by atoms with E-state index >= 15 is 0 Å². The Kier molecular flexibility index (Phi) is 9.73. The maximum absolute atomic E-state index is 13.3. The Bertz CT molecular complexity index is 1400. The van der Waals surface area contributed by atoms with Crippen molar-refractivity contribution in [3.63, 3.8) is 0 Å². The Morgan fingerprint density at radius 1 is 1.10 bits per heavy atom. The van der Waals surface area contributed by atoms with Crippen LogP contribution in [-0.4, -0.2) is 69.0 Å². The Balaban J connectivity index is 1.34. The molecule has 1 aliphatic heterocycles. The molecular weight excluding hydrogens is 552 g/mol. The van der Waals surface area contributed by atoms with Crippen molar-refractivity contribution >= 4 is 27.4 Å². The average molecular weight is 587 g/mol. The lowest BCUT2D eigenvalue weighted by Gasteiger charge is -2.36. The van der Waals surface area contributed by atoms with Gasteiger partial charge in [-0.15, -0.1) is 0 Å². The van der Waals surface area contributed by atoms with Crippen LogP contribution in [0.25, 0.3) is 0 Å². The number of halogens is 1. The van der Waals surface area contributed by atoms with Gasteiger partial charge < -0.3 is 19.9 Å². The van der Waals surface area contributed by atoms with Crippen molar-refractivity contribution in [2.75, 3.05) is 39.9 Å². The first-order chi connectivity index (χ1) is 19.1. The number of sulfone groups is 1. The second kappa shape index (κ2) is 13.0. The molecule has 3 aromatic rings. The third-order valence-corrected chi connectivity index (χ3v) is 9.96. The summed E-state index contributed by atoms with van der Waals surface area (Å²) in [7, 11) is -2.72. The molecule has 1 heterocycles. The zero-order valence-electron chi connectivity index (χ0n) is 22.7. The molecule has 2 unspecified atom stereocenters. The van der Waals surface area contributed by atoms with Crippen LogP contribution in [0.15, 0.2) is 77.7 Å². The summed E-state index contributed by atoms with van der Waals surface area (Å²) in [5, 5.41) is 14.1. The lowest BCUT2D eigenvalue weighted by molar-refractivity contribution is -0.139. The molecule has 1 saturated heterocycles. The van der Waals surface area contributed by atoms with Gasteiger partial charge >= 0.3 is 5.97 Å². The molecule has 1 aliphatic rings. The Morgan fingerprint density at radius 3 is 2.45 bits per heavy atom. The SMILES string of the molecule is COc1ccc(S(=O)(=O)C(C)(Cc2ccc(OCCCN3CCNCC3c3cccc(Cl)c3)cc2)C(=O)O)cc1. The topological polar surface area (TPSA) is 105 Å². The number of ether oxygens (including phenoxy) is 2. The highest BCUT2D eigenvalue weighted by molar-refractivity contribution is 7.93. The quantitative estimate of drug-likeness (QED) is 0.296. The average Bonchev–Trinajstić information content (AvgIpc) is 2.96. The summed E-state index contributed by atoms with van der Waals surface area (Å²) in [5.41, 5.74) is 1.78. The predicted octanol–water partition coefficient (Wildman–Crippen LogP) is 4.62. The standard InChI is InChI=1S/C30H35ClN2O6S/c1-30(29(34)35,40(36,37)27-13-11-25(38-2)12-14-27)20-22-7-9-26(10-8-22)39-18-4-16-33-17-15-32-21-28(33)23-5-3-6-24(31)19-23/h3,5-14,19,28,32H,4,15-18,20-21H2,1-2H3,(H,34,35). The maximum atomic E-state index is 13.3. The number of nitrogens with zero attached hydrogens (tertiary/aromatic N) is 1. The van der Waals surface area contributed by atoms with Gasteiger partial charge in [0.05, 0.1) is 18.6 Å². The van der Waals surface area contributed by atoms with Gasteiger partial charge in [-0.1, -0.05) is 35.9 Å². The van der Waals surface area contributed by atoms with Crippen LogP contribution in [0.2, 0.25) is 5.02 Å². The summed E-state index contributed by atoms with van der Waals surface area (Å²) >= 11 is 6.21. The number of piperazine rings is 1. The largest absolute Gasteiger partial charge is 0.497 e. The van der Waals surface area contributed by atoms with E-state index < -0.39 is 20.6 Å². The van der Waals surface area contributed by atoms with E-state index in [4.69, 9.17) is 21.1 Å². The van der Waals surface area contributed by atoms with Gasteiger partial charge in [-0.05, 0) is 73.0 Å². The summed E-state index contributed by atoms with van der Waals surface area (Å²) in [6.45, 7) is 5.37. The van der Waals surface area contributed by atoms with E-state index in [1.165, 1.54) is 43.9 Å². The van der Waals surface area contributed by atoms with Crippen LogP contribution in [0.3, 0.4) is 0 Å². The third-order valence-electron chi connectivity index (χ3n) is 7.33. The van der Waals surface area contributed by atoms with Crippen LogP contribution >= 0.6 is 11.6 Å². The van der Waals surface area contributed by atoms with E-state index in [2.05, 4.69) is 16.3 Å². The summed E-state index contributed by atoms with van der Waals surface area (Å²) in [5.74, 6) is -0.279. The van der Waals surface area contributed by atoms with Crippen LogP contribution in [0, 0.1) is 0 Å². The van der Waals surface area contributed by atoms with E-state index in [1.807, 2.05) is 18.2 Å². The molecule has 0 spiro atoms. The number of hydrogen-bond donors (Lipinski definition) is 2. The van der Waals surface area contributed by atoms with E-state index in [9.17, 15) is 18.3 Å². The van der Waals surface area contributed by atoms with Crippen molar-refractivity contribution in [2.24, 2.45) is 0 Å². The molecule has 10 heteroatoms. The maximum Gasteiger partial charge on any atom is 0.325 e. The van der Waals surface area contributed by atoms with Crippen molar-refractivity contribution < 1.29 is 27.8 Å². The fourth-order valence-corrected chi connectivity index (χ4v) is 6.71. The Morgan fingerprint density at radius 2 is 1.80 bits per heavy atom. The first kappa shape index (κ1) is 29.9. The zero-order valence-corrected chi connectivity index (χ0v) is 24.2. The summed E-state index contributed by atoms with van der Waals surface area (Å²) < 4.78 is 35.7. The van der Waals surface area contributed by atoms with Gasteiger partial charge in [0.2, 0.25) is 0 Å². The first-order valence-electron chi connectivity index (χ1n) is 13.2. The summed E-state index contributed by atoms with van der Waals surface area (Å²) in [6.07, 6.45) is 0.640. The van der Waals surface area contributed by atoms with Gasteiger partial charge in [0.1, 0.15) is 11.5 Å². The van der Waals surface area contributed by atoms with Crippen LogP contribution in [0.1, 0.15) is 30.5 Å². The van der Waals surface area contributed by atoms with Gasteiger partial charge in [0.25, 0.3) is 0 Å². The number of carboxylic acid groups (broad SMARTS) is 1. The molecule has 0 saturated carbocycles. The number of nitrogens with one attached hydrogen (secondary N) is 1. The summed E-state index contributed by atoms with van der Waals surface area (Å²) in [6, 6.07) is 20.9. The molecule has 8 nitrogen and oxygen atoms in total. The van der Waals surface area contributed by atoms with Gasteiger partial charge in [-0.3, -0.25) is 9.69 Å². The smallest absolute Gasteiger partial charge is 0.325 e. The number of carboxylic acids is 1. The molecule has 40 heavy (non-hydrogen) atoms. The highest BCUT2D eigenvalue weighted by Crippen LogP contribution is 2.31. The van der Waals surface area contributed by atoms with E-state index in [0.717, 1.165) is 37.6 Å². The number of rotatable bonds is 12. The predicted molar refractivity (Wildman–Crippen MR) is 155 cm³/mol. The van der Waals surface area contributed by atoms with Crippen molar-refractivity contribution in [3.05, 3.63) is 88.9 Å². The highest BCUT2D eigenvalue weighted by Gasteiger charge is 2.47. The van der Waals surface area contributed by atoms with Gasteiger partial charge in [0, 0.05) is 43.7 Å². The Labute approximate surface area is 240 Å². The van der Waals surface area contributed by atoms with Gasteiger partial charge in [0.15, 0.2) is 14.6 Å². The fraction of sp³-hybridized carbons (Fsp3) is 0.367. The molecule has 0 bridgehead atoms. The van der Waals surface area contributed by atoms with E-state index in [-0.39, 0.29) is 17.4 Å². The van der Waals surface area contributed by atoms with E-state index in [0.29, 0.717) is 23.7 Å². The second-order valence-corrected chi connectivity index (χ2v) is 12.9. The third kappa shape index (κ3) is 6.78. The normalized spacial score (nSPS) is 17.6. The van der Waals surface area contributed by atoms with Gasteiger partial charge in [-0.2, -0.15) is 0 Å². The monoisotopic (exact) mass is 586 g/mol. The minimum atomic E-state index is -4.19. The summed E-state index contributed by atoms with van der Waals surface area (Å²) in [4.78, 5) is 14.6. The minimum Gasteiger partial charge on any atom is -0.497 e. The lowest BCUT2D eigenvalue weighted by atomic mass is 10.0. The molecule has 2 N–H and O–H groups in total. The number of methoxy groups -OCH3 is 1. The molecule has 2 atom stereocenters. The van der Waals surface area contributed by atoms with Crippen molar-refractivity contribution in [1.82, 2.24) is 10.2 Å². The van der Waals surface area contributed by atoms with Crippen LogP contribution in [0.4, 0.5) is 0 Å². The molecule has 214 valence electrons. The molecule has 3 aromatic carbocycles. The number of aliphatic carboxylic acids is 1. The molecule has 0 aliphatic carbocycles. The number of carbonyl (C=O) groups is 1.